The highest BCUT2D eigenvalue weighted by atomic mass is 35.5. The average Bonchev–Trinajstić information content (AvgIpc) is 2.25. The number of hydrogen-bond donors (Lipinski definition) is 1. The highest BCUT2D eigenvalue weighted by Gasteiger charge is 2.19. The Morgan fingerprint density at radius 3 is 2.88 bits per heavy atom. The number of halogens is 1. The van der Waals surface area contributed by atoms with Crippen LogP contribution < -0.4 is 5.32 Å². The minimum absolute atomic E-state index is 0.626. The van der Waals surface area contributed by atoms with E-state index in [-0.39, 0.29) is 0 Å². The third kappa shape index (κ3) is 2.70. The molecular weight excluding hydrogens is 218 g/mol. The van der Waals surface area contributed by atoms with Crippen molar-refractivity contribution >= 4 is 17.3 Å². The summed E-state index contributed by atoms with van der Waals surface area (Å²) in [7, 11) is 0. The van der Waals surface area contributed by atoms with E-state index < -0.39 is 0 Å². The third-order valence-electron chi connectivity index (χ3n) is 3.56. The van der Waals surface area contributed by atoms with Crippen LogP contribution in [0.15, 0.2) is 18.2 Å². The zero-order valence-electron chi connectivity index (χ0n) is 10.1. The quantitative estimate of drug-likeness (QED) is 0.790. The molecule has 0 heterocycles. The van der Waals surface area contributed by atoms with E-state index in [0.29, 0.717) is 6.04 Å². The van der Waals surface area contributed by atoms with Crippen LogP contribution in [0.3, 0.4) is 0 Å². The molecule has 16 heavy (non-hydrogen) atoms. The van der Waals surface area contributed by atoms with Crippen LogP contribution in [0.2, 0.25) is 5.02 Å². The van der Waals surface area contributed by atoms with Crippen LogP contribution in [-0.2, 0) is 0 Å². The fraction of sp³-hybridized carbons (Fsp3) is 0.571. The lowest BCUT2D eigenvalue weighted by atomic mass is 9.87. The number of nitrogens with one attached hydrogen (secondary N) is 1. The first kappa shape index (κ1) is 11.8. The highest BCUT2D eigenvalue weighted by Crippen LogP contribution is 2.29. The second kappa shape index (κ2) is 5.09. The Labute approximate surface area is 103 Å². The standard InChI is InChI=1S/C14H20ClN/c1-10-5-3-6-12(9-10)16-14-8-4-7-13(15)11(14)2/h4,7-8,10,12,16H,3,5-6,9H2,1-2H3. The molecule has 0 saturated heterocycles. The minimum atomic E-state index is 0.626. The van der Waals surface area contributed by atoms with Crippen molar-refractivity contribution in [1.82, 2.24) is 0 Å². The van der Waals surface area contributed by atoms with Crippen molar-refractivity contribution in [2.45, 2.75) is 45.6 Å². The lowest BCUT2D eigenvalue weighted by Gasteiger charge is -2.29. The van der Waals surface area contributed by atoms with Gasteiger partial charge in [-0.3, -0.25) is 0 Å². The van der Waals surface area contributed by atoms with Gasteiger partial charge < -0.3 is 5.32 Å². The van der Waals surface area contributed by atoms with Gasteiger partial charge in [-0.25, -0.2) is 0 Å². The topological polar surface area (TPSA) is 12.0 Å². The molecule has 2 unspecified atom stereocenters. The molecular formula is C14H20ClN. The molecule has 0 spiro atoms. The smallest absolute Gasteiger partial charge is 0.0455 e. The lowest BCUT2D eigenvalue weighted by molar-refractivity contribution is 0.358. The fourth-order valence-electron chi connectivity index (χ4n) is 2.55. The Bertz CT molecular complexity index is 362. The molecule has 2 heteroatoms. The van der Waals surface area contributed by atoms with Crippen molar-refractivity contribution < 1.29 is 0 Å². The molecule has 88 valence electrons. The Morgan fingerprint density at radius 1 is 1.31 bits per heavy atom. The van der Waals surface area contributed by atoms with E-state index >= 15 is 0 Å². The van der Waals surface area contributed by atoms with Crippen LogP contribution in [0.25, 0.3) is 0 Å². The molecule has 0 radical (unpaired) electrons. The van der Waals surface area contributed by atoms with Crippen LogP contribution in [0.4, 0.5) is 5.69 Å². The van der Waals surface area contributed by atoms with E-state index in [2.05, 4.69) is 25.2 Å². The maximum Gasteiger partial charge on any atom is 0.0455 e. The van der Waals surface area contributed by atoms with Gasteiger partial charge in [0, 0.05) is 16.8 Å². The summed E-state index contributed by atoms with van der Waals surface area (Å²) in [5, 5.41) is 4.49. The van der Waals surface area contributed by atoms with Gasteiger partial charge in [-0.2, -0.15) is 0 Å². The normalized spacial score (nSPS) is 25.4. The zero-order valence-corrected chi connectivity index (χ0v) is 10.8. The van der Waals surface area contributed by atoms with E-state index in [1.54, 1.807) is 0 Å². The molecule has 1 aliphatic carbocycles. The summed E-state index contributed by atoms with van der Waals surface area (Å²) >= 11 is 6.12. The molecule has 2 atom stereocenters. The third-order valence-corrected chi connectivity index (χ3v) is 3.97. The summed E-state index contributed by atoms with van der Waals surface area (Å²) in [6.45, 7) is 4.43. The molecule has 0 aliphatic heterocycles. The monoisotopic (exact) mass is 237 g/mol. The molecule has 0 aromatic heterocycles. The van der Waals surface area contributed by atoms with Gasteiger partial charge in [0.1, 0.15) is 0 Å². The maximum absolute atomic E-state index is 6.12. The second-order valence-corrected chi connectivity index (χ2v) is 5.43. The van der Waals surface area contributed by atoms with Gasteiger partial charge in [-0.1, -0.05) is 37.4 Å². The summed E-state index contributed by atoms with van der Waals surface area (Å²) < 4.78 is 0. The van der Waals surface area contributed by atoms with Gasteiger partial charge in [-0.15, -0.1) is 0 Å². The number of anilines is 1. The number of benzene rings is 1. The molecule has 0 amide bonds. The summed E-state index contributed by atoms with van der Waals surface area (Å²) in [5.41, 5.74) is 2.37. The van der Waals surface area contributed by atoms with Gasteiger partial charge in [0.2, 0.25) is 0 Å². The predicted molar refractivity (Wildman–Crippen MR) is 71.2 cm³/mol. The Kier molecular flexibility index (Phi) is 3.75. The van der Waals surface area contributed by atoms with Crippen LogP contribution in [0.5, 0.6) is 0 Å². The van der Waals surface area contributed by atoms with Crippen LogP contribution in [0.1, 0.15) is 38.2 Å². The molecule has 1 fully saturated rings. The predicted octanol–water partition coefficient (Wildman–Crippen LogP) is 4.64. The molecule has 1 N–H and O–H groups in total. The van der Waals surface area contributed by atoms with Gasteiger partial charge >= 0.3 is 0 Å². The zero-order chi connectivity index (χ0) is 11.5. The molecule has 1 nitrogen and oxygen atoms in total. The first-order chi connectivity index (χ1) is 7.66. The van der Waals surface area contributed by atoms with Crippen LogP contribution in [-0.4, -0.2) is 6.04 Å². The molecule has 1 saturated carbocycles. The molecule has 1 aromatic rings. The van der Waals surface area contributed by atoms with Crippen molar-refractivity contribution in [3.05, 3.63) is 28.8 Å². The molecule has 1 aliphatic rings. The van der Waals surface area contributed by atoms with E-state index in [1.165, 1.54) is 36.9 Å². The first-order valence-corrected chi connectivity index (χ1v) is 6.56. The van der Waals surface area contributed by atoms with Crippen LogP contribution >= 0.6 is 11.6 Å². The maximum atomic E-state index is 6.12. The number of hydrogen-bond acceptors (Lipinski definition) is 1. The summed E-state index contributed by atoms with van der Waals surface area (Å²) in [4.78, 5) is 0. The van der Waals surface area contributed by atoms with Crippen molar-refractivity contribution in [1.29, 1.82) is 0 Å². The van der Waals surface area contributed by atoms with Crippen molar-refractivity contribution in [2.75, 3.05) is 5.32 Å². The van der Waals surface area contributed by atoms with Crippen LogP contribution in [0, 0.1) is 12.8 Å². The van der Waals surface area contributed by atoms with E-state index in [4.69, 9.17) is 11.6 Å². The van der Waals surface area contributed by atoms with Crippen molar-refractivity contribution in [3.8, 4) is 0 Å². The van der Waals surface area contributed by atoms with Gasteiger partial charge in [0.25, 0.3) is 0 Å². The first-order valence-electron chi connectivity index (χ1n) is 6.18. The van der Waals surface area contributed by atoms with E-state index in [1.807, 2.05) is 12.1 Å². The molecule has 1 aromatic carbocycles. The van der Waals surface area contributed by atoms with Gasteiger partial charge in [-0.05, 0) is 43.4 Å². The lowest BCUT2D eigenvalue weighted by Crippen LogP contribution is -2.26. The molecule has 0 bridgehead atoms. The summed E-state index contributed by atoms with van der Waals surface area (Å²) in [6, 6.07) is 6.72. The van der Waals surface area contributed by atoms with E-state index in [9.17, 15) is 0 Å². The Balaban J connectivity index is 2.05. The Hall–Kier alpha value is -0.690. The SMILES string of the molecule is Cc1c(Cl)cccc1NC1CCCC(C)C1. The summed E-state index contributed by atoms with van der Waals surface area (Å²) in [5.74, 6) is 0.853. The largest absolute Gasteiger partial charge is 0.382 e. The van der Waals surface area contributed by atoms with Gasteiger partial charge in [0.05, 0.1) is 0 Å². The molecule has 2 rings (SSSR count). The highest BCUT2D eigenvalue weighted by molar-refractivity contribution is 6.31. The average molecular weight is 238 g/mol. The van der Waals surface area contributed by atoms with Crippen molar-refractivity contribution in [3.63, 3.8) is 0 Å². The summed E-state index contributed by atoms with van der Waals surface area (Å²) in [6.07, 6.45) is 5.30. The van der Waals surface area contributed by atoms with Crippen molar-refractivity contribution in [2.24, 2.45) is 5.92 Å². The second-order valence-electron chi connectivity index (χ2n) is 5.03. The Morgan fingerprint density at radius 2 is 2.12 bits per heavy atom. The van der Waals surface area contributed by atoms with E-state index in [0.717, 1.165) is 10.9 Å². The number of rotatable bonds is 2. The fourth-order valence-corrected chi connectivity index (χ4v) is 2.72. The van der Waals surface area contributed by atoms with Gasteiger partial charge in [0.15, 0.2) is 0 Å². The minimum Gasteiger partial charge on any atom is -0.382 e.